The van der Waals surface area contributed by atoms with Crippen molar-refractivity contribution in [1.82, 2.24) is 10.2 Å². The van der Waals surface area contributed by atoms with Crippen LogP contribution in [0.3, 0.4) is 0 Å². The molecule has 1 aliphatic heterocycles. The van der Waals surface area contributed by atoms with E-state index in [0.29, 0.717) is 30.4 Å². The minimum atomic E-state index is -0.188. The largest absolute Gasteiger partial charge is 0.497 e. The van der Waals surface area contributed by atoms with Gasteiger partial charge in [-0.15, -0.1) is 0 Å². The van der Waals surface area contributed by atoms with Crippen LogP contribution in [0.15, 0.2) is 18.2 Å². The zero-order chi connectivity index (χ0) is 15.9. The van der Waals surface area contributed by atoms with Gasteiger partial charge in [-0.3, -0.25) is 9.69 Å². The van der Waals surface area contributed by atoms with Crippen molar-refractivity contribution in [3.05, 3.63) is 29.6 Å². The Bertz CT molecular complexity index is 507. The summed E-state index contributed by atoms with van der Waals surface area (Å²) >= 11 is 0. The van der Waals surface area contributed by atoms with Gasteiger partial charge in [-0.1, -0.05) is 6.42 Å². The van der Waals surface area contributed by atoms with Crippen LogP contribution in [0, 0.1) is 5.82 Å². The Balaban J connectivity index is 2.00. The van der Waals surface area contributed by atoms with Crippen LogP contribution in [0.4, 0.5) is 4.39 Å². The van der Waals surface area contributed by atoms with Crippen molar-refractivity contribution in [3.8, 4) is 5.75 Å². The zero-order valence-corrected chi connectivity index (χ0v) is 13.4. The Morgan fingerprint density at radius 3 is 3.00 bits per heavy atom. The quantitative estimate of drug-likeness (QED) is 0.878. The number of piperidine rings is 1. The summed E-state index contributed by atoms with van der Waals surface area (Å²) in [5.41, 5.74) is 0.672. The van der Waals surface area contributed by atoms with Gasteiger partial charge in [-0.05, 0) is 44.0 Å². The Labute approximate surface area is 131 Å². The lowest BCUT2D eigenvalue weighted by Crippen LogP contribution is -2.41. The molecule has 0 radical (unpaired) electrons. The number of ether oxygens (including phenoxy) is 1. The Morgan fingerprint density at radius 1 is 1.45 bits per heavy atom. The third kappa shape index (κ3) is 4.70. The van der Waals surface area contributed by atoms with Crippen molar-refractivity contribution in [2.45, 2.75) is 45.2 Å². The summed E-state index contributed by atoms with van der Waals surface area (Å²) in [4.78, 5) is 13.3. The summed E-state index contributed by atoms with van der Waals surface area (Å²) in [5, 5.41) is 2.85. The van der Waals surface area contributed by atoms with Gasteiger partial charge in [0.05, 0.1) is 7.11 Å². The van der Waals surface area contributed by atoms with Crippen LogP contribution in [-0.2, 0) is 11.3 Å². The summed E-state index contributed by atoms with van der Waals surface area (Å²) in [6, 6.07) is 5.27. The lowest BCUT2D eigenvalue weighted by atomic mass is 9.98. The number of halogens is 1. The van der Waals surface area contributed by atoms with Gasteiger partial charge in [-0.25, -0.2) is 4.39 Å². The SMILES string of the molecule is COc1ccc(F)c(CN2CCCC[C@H]2CCNC(C)=O)c1. The number of amides is 1. The van der Waals surface area contributed by atoms with E-state index in [4.69, 9.17) is 4.74 Å². The van der Waals surface area contributed by atoms with Gasteiger partial charge < -0.3 is 10.1 Å². The lowest BCUT2D eigenvalue weighted by Gasteiger charge is -2.36. The number of nitrogens with zero attached hydrogens (tertiary/aromatic N) is 1. The molecule has 0 aliphatic carbocycles. The standard InChI is InChI=1S/C17H25FN2O2/c1-13(21)19-9-8-15-5-3-4-10-20(15)12-14-11-16(22-2)6-7-17(14)18/h6-7,11,15H,3-5,8-10,12H2,1-2H3,(H,19,21)/t15-/m0/s1. The van der Waals surface area contributed by atoms with Crippen molar-refractivity contribution in [2.75, 3.05) is 20.2 Å². The molecule has 0 aromatic heterocycles. The van der Waals surface area contributed by atoms with Gasteiger partial charge >= 0.3 is 0 Å². The minimum absolute atomic E-state index is 0.00111. The van der Waals surface area contributed by atoms with E-state index >= 15 is 0 Å². The van der Waals surface area contributed by atoms with Crippen LogP contribution >= 0.6 is 0 Å². The van der Waals surface area contributed by atoms with E-state index in [1.807, 2.05) is 0 Å². The van der Waals surface area contributed by atoms with E-state index in [0.717, 1.165) is 25.8 Å². The maximum absolute atomic E-state index is 14.0. The molecule has 1 fully saturated rings. The van der Waals surface area contributed by atoms with Crippen LogP contribution in [0.2, 0.25) is 0 Å². The number of likely N-dealkylation sites (tertiary alicyclic amines) is 1. The fraction of sp³-hybridized carbons (Fsp3) is 0.588. The summed E-state index contributed by atoms with van der Waals surface area (Å²) in [6.45, 7) is 3.77. The molecule has 0 bridgehead atoms. The summed E-state index contributed by atoms with van der Waals surface area (Å²) in [7, 11) is 1.59. The third-order valence-electron chi connectivity index (χ3n) is 4.23. The highest BCUT2D eigenvalue weighted by molar-refractivity contribution is 5.72. The molecule has 4 nitrogen and oxygen atoms in total. The van der Waals surface area contributed by atoms with E-state index in [1.54, 1.807) is 19.2 Å². The molecular weight excluding hydrogens is 283 g/mol. The van der Waals surface area contributed by atoms with Crippen molar-refractivity contribution in [2.24, 2.45) is 0 Å². The molecule has 1 N–H and O–H groups in total. The fourth-order valence-electron chi connectivity index (χ4n) is 3.03. The first kappa shape index (κ1) is 16.7. The highest BCUT2D eigenvalue weighted by atomic mass is 19.1. The van der Waals surface area contributed by atoms with Gasteiger partial charge in [0.2, 0.25) is 5.91 Å². The average Bonchev–Trinajstić information content (AvgIpc) is 2.51. The van der Waals surface area contributed by atoms with Gasteiger partial charge in [-0.2, -0.15) is 0 Å². The smallest absolute Gasteiger partial charge is 0.216 e. The molecule has 1 aromatic rings. The first-order chi connectivity index (χ1) is 10.6. The second kappa shape index (κ2) is 8.13. The number of hydrogen-bond donors (Lipinski definition) is 1. The maximum Gasteiger partial charge on any atom is 0.216 e. The molecule has 22 heavy (non-hydrogen) atoms. The third-order valence-corrected chi connectivity index (χ3v) is 4.23. The Kier molecular flexibility index (Phi) is 6.19. The number of rotatable bonds is 6. The molecule has 0 spiro atoms. The normalized spacial score (nSPS) is 19.0. The van der Waals surface area contributed by atoms with Crippen molar-refractivity contribution < 1.29 is 13.9 Å². The number of carbonyl (C=O) groups is 1. The van der Waals surface area contributed by atoms with Gasteiger partial charge in [0.25, 0.3) is 0 Å². The van der Waals surface area contributed by atoms with Gasteiger partial charge in [0, 0.05) is 31.6 Å². The maximum atomic E-state index is 14.0. The molecule has 1 aliphatic rings. The van der Waals surface area contributed by atoms with Crippen LogP contribution in [0.25, 0.3) is 0 Å². The van der Waals surface area contributed by atoms with Crippen molar-refractivity contribution in [1.29, 1.82) is 0 Å². The average molecular weight is 308 g/mol. The number of hydrogen-bond acceptors (Lipinski definition) is 3. The molecule has 1 aromatic carbocycles. The van der Waals surface area contributed by atoms with E-state index in [2.05, 4.69) is 10.2 Å². The van der Waals surface area contributed by atoms with Crippen LogP contribution in [-0.4, -0.2) is 37.0 Å². The molecule has 2 rings (SSSR count). The molecule has 1 saturated heterocycles. The van der Waals surface area contributed by atoms with E-state index in [1.165, 1.54) is 19.4 Å². The van der Waals surface area contributed by atoms with Gasteiger partial charge in [0.1, 0.15) is 11.6 Å². The highest BCUT2D eigenvalue weighted by Crippen LogP contribution is 2.24. The highest BCUT2D eigenvalue weighted by Gasteiger charge is 2.23. The second-order valence-electron chi connectivity index (χ2n) is 5.85. The molecule has 0 saturated carbocycles. The minimum Gasteiger partial charge on any atom is -0.497 e. The molecule has 0 unspecified atom stereocenters. The van der Waals surface area contributed by atoms with Gasteiger partial charge in [0.15, 0.2) is 0 Å². The topological polar surface area (TPSA) is 41.6 Å². The van der Waals surface area contributed by atoms with Crippen LogP contribution in [0.5, 0.6) is 5.75 Å². The zero-order valence-electron chi connectivity index (χ0n) is 13.4. The number of methoxy groups -OCH3 is 1. The number of carbonyl (C=O) groups excluding carboxylic acids is 1. The summed E-state index contributed by atoms with van der Waals surface area (Å²) in [6.07, 6.45) is 4.35. The number of nitrogens with one attached hydrogen (secondary N) is 1. The summed E-state index contributed by atoms with van der Waals surface area (Å²) < 4.78 is 19.2. The second-order valence-corrected chi connectivity index (χ2v) is 5.85. The molecular formula is C17H25FN2O2. The molecule has 5 heteroatoms. The Hall–Kier alpha value is -1.62. The predicted octanol–water partition coefficient (Wildman–Crippen LogP) is 2.72. The molecule has 1 heterocycles. The van der Waals surface area contributed by atoms with E-state index < -0.39 is 0 Å². The Morgan fingerprint density at radius 2 is 2.27 bits per heavy atom. The first-order valence-corrected chi connectivity index (χ1v) is 7.91. The van der Waals surface area contributed by atoms with Crippen LogP contribution < -0.4 is 10.1 Å². The lowest BCUT2D eigenvalue weighted by molar-refractivity contribution is -0.119. The fourth-order valence-corrected chi connectivity index (χ4v) is 3.03. The van der Waals surface area contributed by atoms with Crippen LogP contribution in [0.1, 0.15) is 38.2 Å². The summed E-state index contributed by atoms with van der Waals surface area (Å²) in [5.74, 6) is 0.497. The van der Waals surface area contributed by atoms with E-state index in [-0.39, 0.29) is 11.7 Å². The monoisotopic (exact) mass is 308 g/mol. The van der Waals surface area contributed by atoms with E-state index in [9.17, 15) is 9.18 Å². The molecule has 1 amide bonds. The van der Waals surface area contributed by atoms with Crippen molar-refractivity contribution >= 4 is 5.91 Å². The first-order valence-electron chi connectivity index (χ1n) is 7.91. The molecule has 1 atom stereocenters. The van der Waals surface area contributed by atoms with Crippen molar-refractivity contribution in [3.63, 3.8) is 0 Å². The predicted molar refractivity (Wildman–Crippen MR) is 84.3 cm³/mol. The molecule has 122 valence electrons. The number of benzene rings is 1.